The van der Waals surface area contributed by atoms with Gasteiger partial charge in [0.1, 0.15) is 11.5 Å². The third kappa shape index (κ3) is 2.50. The highest BCUT2D eigenvalue weighted by Gasteiger charge is 2.25. The summed E-state index contributed by atoms with van der Waals surface area (Å²) in [6.07, 6.45) is 1.11. The molecule has 2 rings (SSSR count). The normalized spacial score (nSPS) is 15.9. The van der Waals surface area contributed by atoms with Crippen molar-refractivity contribution in [2.45, 2.75) is 12.8 Å². The van der Waals surface area contributed by atoms with Crippen LogP contribution in [0.3, 0.4) is 0 Å². The maximum Gasteiger partial charge on any atom is 0.293 e. The molecule has 0 aromatic heterocycles. The van der Waals surface area contributed by atoms with Crippen LogP contribution in [0.4, 0.5) is 15.8 Å². The zero-order chi connectivity index (χ0) is 13.3. The Bertz CT molecular complexity index is 521. The van der Waals surface area contributed by atoms with Gasteiger partial charge in [0.25, 0.3) is 5.69 Å². The Morgan fingerprint density at radius 1 is 1.44 bits per heavy atom. The van der Waals surface area contributed by atoms with E-state index < -0.39 is 10.7 Å². The number of hydrogen-bond acceptors (Lipinski definition) is 4. The first-order chi connectivity index (χ1) is 8.49. The molecular weight excluding hydrogens is 307 g/mol. The molecule has 1 fully saturated rings. The van der Waals surface area contributed by atoms with E-state index in [9.17, 15) is 19.3 Å². The fourth-order valence-corrected chi connectivity index (χ4v) is 2.30. The van der Waals surface area contributed by atoms with E-state index >= 15 is 0 Å². The van der Waals surface area contributed by atoms with E-state index in [-0.39, 0.29) is 28.2 Å². The van der Waals surface area contributed by atoms with Gasteiger partial charge in [-0.3, -0.25) is 14.9 Å². The molecule has 18 heavy (non-hydrogen) atoms. The predicted molar refractivity (Wildman–Crippen MR) is 67.2 cm³/mol. The Labute approximate surface area is 111 Å². The second-order valence-electron chi connectivity index (χ2n) is 4.08. The van der Waals surface area contributed by atoms with Crippen LogP contribution < -0.4 is 4.90 Å². The van der Waals surface area contributed by atoms with Gasteiger partial charge in [-0.2, -0.15) is 0 Å². The number of ketones is 1. The lowest BCUT2D eigenvalue weighted by atomic mass is 10.1. The van der Waals surface area contributed by atoms with Crippen LogP contribution in [0.15, 0.2) is 16.6 Å². The number of anilines is 1. The number of nitro groups is 1. The molecule has 0 saturated carbocycles. The summed E-state index contributed by atoms with van der Waals surface area (Å²) in [4.78, 5) is 23.3. The molecule has 0 atom stereocenters. The number of Topliss-reactive ketones (excluding diaryl/α,β-unsaturated/α-hetero) is 1. The van der Waals surface area contributed by atoms with Gasteiger partial charge < -0.3 is 4.90 Å². The maximum atomic E-state index is 13.5. The minimum absolute atomic E-state index is 0.0128. The van der Waals surface area contributed by atoms with E-state index in [1.807, 2.05) is 0 Å². The summed E-state index contributed by atoms with van der Waals surface area (Å²) in [7, 11) is 0. The van der Waals surface area contributed by atoms with Crippen LogP contribution in [0.2, 0.25) is 0 Å². The van der Waals surface area contributed by atoms with Gasteiger partial charge in [0.2, 0.25) is 0 Å². The van der Waals surface area contributed by atoms with Gasteiger partial charge in [0.05, 0.1) is 15.9 Å². The molecule has 0 radical (unpaired) electrons. The fraction of sp³-hybridized carbons (Fsp3) is 0.364. The average molecular weight is 317 g/mol. The van der Waals surface area contributed by atoms with Crippen molar-refractivity contribution < 1.29 is 14.1 Å². The number of halogens is 2. The second kappa shape index (κ2) is 5.01. The summed E-state index contributed by atoms with van der Waals surface area (Å²) in [6.45, 7) is 0.621. The molecule has 1 aliphatic heterocycles. The Morgan fingerprint density at radius 3 is 2.78 bits per heavy atom. The lowest BCUT2D eigenvalue weighted by molar-refractivity contribution is -0.384. The fourth-order valence-electron chi connectivity index (χ4n) is 1.97. The van der Waals surface area contributed by atoms with Crippen LogP contribution in [0.5, 0.6) is 0 Å². The molecule has 0 amide bonds. The van der Waals surface area contributed by atoms with E-state index in [0.717, 1.165) is 12.1 Å². The largest absolute Gasteiger partial charge is 0.359 e. The van der Waals surface area contributed by atoms with Crippen LogP contribution in [0, 0.1) is 15.9 Å². The lowest BCUT2D eigenvalue weighted by Crippen LogP contribution is -2.36. The van der Waals surface area contributed by atoms with Crippen LogP contribution in [0.1, 0.15) is 12.8 Å². The molecule has 0 unspecified atom stereocenters. The highest BCUT2D eigenvalue weighted by atomic mass is 79.9. The molecule has 5 nitrogen and oxygen atoms in total. The first kappa shape index (κ1) is 12.9. The van der Waals surface area contributed by atoms with E-state index in [1.54, 1.807) is 4.90 Å². The highest BCUT2D eigenvalue weighted by Crippen LogP contribution is 2.34. The van der Waals surface area contributed by atoms with E-state index in [2.05, 4.69) is 15.9 Å². The van der Waals surface area contributed by atoms with Crippen molar-refractivity contribution >= 4 is 33.1 Å². The SMILES string of the molecule is O=C1CCCN(c2cc(F)c(Br)cc2[N+](=O)[O-])C1. The smallest absolute Gasteiger partial charge is 0.293 e. The molecule has 96 valence electrons. The van der Waals surface area contributed by atoms with Gasteiger partial charge in [0, 0.05) is 25.1 Å². The number of rotatable bonds is 2. The van der Waals surface area contributed by atoms with Gasteiger partial charge in [-0.05, 0) is 22.4 Å². The van der Waals surface area contributed by atoms with E-state index in [1.165, 1.54) is 0 Å². The Hall–Kier alpha value is -1.50. The molecule has 1 aromatic carbocycles. The van der Waals surface area contributed by atoms with E-state index in [0.29, 0.717) is 19.4 Å². The molecule has 1 aliphatic rings. The average Bonchev–Trinajstić information content (AvgIpc) is 2.31. The topological polar surface area (TPSA) is 63.5 Å². The van der Waals surface area contributed by atoms with Gasteiger partial charge in [0.15, 0.2) is 5.78 Å². The van der Waals surface area contributed by atoms with E-state index in [4.69, 9.17) is 0 Å². The van der Waals surface area contributed by atoms with Gasteiger partial charge in [-0.25, -0.2) is 4.39 Å². The molecule has 0 aliphatic carbocycles. The van der Waals surface area contributed by atoms with Crippen molar-refractivity contribution in [3.8, 4) is 0 Å². The van der Waals surface area contributed by atoms with Crippen molar-refractivity contribution in [1.29, 1.82) is 0 Å². The number of carbonyl (C=O) groups is 1. The number of piperidine rings is 1. The van der Waals surface area contributed by atoms with Gasteiger partial charge in [-0.15, -0.1) is 0 Å². The summed E-state index contributed by atoms with van der Waals surface area (Å²) in [5, 5.41) is 11.0. The zero-order valence-electron chi connectivity index (χ0n) is 9.36. The number of hydrogen-bond donors (Lipinski definition) is 0. The molecule has 7 heteroatoms. The lowest BCUT2D eigenvalue weighted by Gasteiger charge is -2.27. The standard InChI is InChI=1S/C11H10BrFN2O3/c12-8-4-11(15(17)18)10(5-9(8)13)14-3-1-2-7(16)6-14/h4-5H,1-3,6H2. The number of nitrogens with zero attached hydrogens (tertiary/aromatic N) is 2. The summed E-state index contributed by atoms with van der Waals surface area (Å²) < 4.78 is 13.5. The zero-order valence-corrected chi connectivity index (χ0v) is 10.9. The van der Waals surface area contributed by atoms with Crippen LogP contribution in [-0.2, 0) is 4.79 Å². The molecule has 0 spiro atoms. The molecule has 1 aromatic rings. The van der Waals surface area contributed by atoms with Crippen molar-refractivity contribution in [2.75, 3.05) is 18.0 Å². The number of nitro benzene ring substituents is 1. The first-order valence-electron chi connectivity index (χ1n) is 5.39. The van der Waals surface area contributed by atoms with Crippen molar-refractivity contribution in [1.82, 2.24) is 0 Å². The molecule has 0 bridgehead atoms. The Morgan fingerprint density at radius 2 is 2.17 bits per heavy atom. The summed E-state index contributed by atoms with van der Waals surface area (Å²) >= 11 is 2.92. The third-order valence-corrected chi connectivity index (χ3v) is 3.41. The van der Waals surface area contributed by atoms with Crippen molar-refractivity contribution in [3.05, 3.63) is 32.5 Å². The van der Waals surface area contributed by atoms with Crippen LogP contribution in [0.25, 0.3) is 0 Å². The predicted octanol–water partition coefficient (Wildman–Crippen LogP) is 2.67. The molecule has 1 saturated heterocycles. The minimum atomic E-state index is -0.575. The summed E-state index contributed by atoms with van der Waals surface area (Å²) in [5.74, 6) is -0.563. The highest BCUT2D eigenvalue weighted by molar-refractivity contribution is 9.10. The maximum absolute atomic E-state index is 13.5. The monoisotopic (exact) mass is 316 g/mol. The van der Waals surface area contributed by atoms with Crippen LogP contribution >= 0.6 is 15.9 Å². The molecular formula is C11H10BrFN2O3. The summed E-state index contributed by atoms with van der Waals surface area (Å²) in [5.41, 5.74) is -0.0354. The Kier molecular flexibility index (Phi) is 3.60. The van der Waals surface area contributed by atoms with Gasteiger partial charge in [-0.1, -0.05) is 0 Å². The Balaban J connectivity index is 2.44. The minimum Gasteiger partial charge on any atom is -0.359 e. The van der Waals surface area contributed by atoms with Crippen molar-refractivity contribution in [3.63, 3.8) is 0 Å². The first-order valence-corrected chi connectivity index (χ1v) is 6.18. The third-order valence-electron chi connectivity index (χ3n) is 2.81. The quantitative estimate of drug-likeness (QED) is 0.621. The molecule has 1 heterocycles. The van der Waals surface area contributed by atoms with Crippen molar-refractivity contribution in [2.24, 2.45) is 0 Å². The molecule has 0 N–H and O–H groups in total. The van der Waals surface area contributed by atoms with Gasteiger partial charge >= 0.3 is 0 Å². The number of carbonyl (C=O) groups excluding carboxylic acids is 1. The second-order valence-corrected chi connectivity index (χ2v) is 4.93. The number of benzene rings is 1. The van der Waals surface area contributed by atoms with Crippen LogP contribution in [-0.4, -0.2) is 23.8 Å². The summed E-state index contributed by atoms with van der Waals surface area (Å²) in [6, 6.07) is 2.23.